The zero-order chi connectivity index (χ0) is 6.43. The maximum absolute atomic E-state index is 6.11. The molecule has 2 saturated carbocycles. The Morgan fingerprint density at radius 1 is 1.22 bits per heavy atom. The second-order valence-corrected chi connectivity index (χ2v) is 4.78. The Balaban J connectivity index is 2.15. The van der Waals surface area contributed by atoms with Crippen LogP contribution in [0.4, 0.5) is 0 Å². The van der Waals surface area contributed by atoms with Crippen molar-refractivity contribution < 1.29 is 0 Å². The van der Waals surface area contributed by atoms with Gasteiger partial charge in [-0.05, 0) is 31.1 Å². The van der Waals surface area contributed by atoms with Crippen LogP contribution in [0.1, 0.15) is 19.3 Å². The quantitative estimate of drug-likeness (QED) is 0.538. The Labute approximate surface area is 69.1 Å². The lowest BCUT2D eigenvalue weighted by Gasteiger charge is -2.20. The van der Waals surface area contributed by atoms with Gasteiger partial charge in [0.2, 0.25) is 0 Å². The molecule has 0 spiro atoms. The number of rotatable bonds is 0. The van der Waals surface area contributed by atoms with Gasteiger partial charge in [-0.15, -0.1) is 11.6 Å². The number of fused-ring (bicyclic) bond motifs is 2. The van der Waals surface area contributed by atoms with Crippen LogP contribution < -0.4 is 0 Å². The third kappa shape index (κ3) is 0.848. The molecule has 0 nitrogen and oxygen atoms in total. The van der Waals surface area contributed by atoms with Gasteiger partial charge in [0, 0.05) is 10.2 Å². The molecule has 2 aliphatic carbocycles. The fraction of sp³-hybridized carbons (Fsp3) is 1.00. The molecule has 4 atom stereocenters. The molecule has 0 aromatic rings. The standard InChI is InChI=1S/C7H10BrCl/c8-6-4-1-2-5(3-4)7(6)9/h4-7H,1-3H2/t4-,5+,6+,7+/m1/s1. The summed E-state index contributed by atoms with van der Waals surface area (Å²) in [5.41, 5.74) is 0. The van der Waals surface area contributed by atoms with Crippen molar-refractivity contribution in [3.05, 3.63) is 0 Å². The van der Waals surface area contributed by atoms with E-state index in [1.54, 1.807) is 0 Å². The molecule has 0 amide bonds. The highest BCUT2D eigenvalue weighted by molar-refractivity contribution is 9.09. The highest BCUT2D eigenvalue weighted by Gasteiger charge is 2.45. The summed E-state index contributed by atoms with van der Waals surface area (Å²) < 4.78 is 0. The van der Waals surface area contributed by atoms with Crippen LogP contribution in [0.25, 0.3) is 0 Å². The van der Waals surface area contributed by atoms with Crippen molar-refractivity contribution >= 4 is 27.5 Å². The van der Waals surface area contributed by atoms with E-state index in [0.29, 0.717) is 10.2 Å². The molecule has 0 aromatic carbocycles. The number of alkyl halides is 2. The summed E-state index contributed by atoms with van der Waals surface area (Å²) in [6.07, 6.45) is 4.16. The molecular formula is C7H10BrCl. The van der Waals surface area contributed by atoms with Crippen molar-refractivity contribution in [3.8, 4) is 0 Å². The molecular weight excluding hydrogens is 199 g/mol. The monoisotopic (exact) mass is 208 g/mol. The summed E-state index contributed by atoms with van der Waals surface area (Å²) in [4.78, 5) is 0.623. The van der Waals surface area contributed by atoms with Gasteiger partial charge in [0.1, 0.15) is 0 Å². The van der Waals surface area contributed by atoms with E-state index < -0.39 is 0 Å². The Kier molecular flexibility index (Phi) is 1.53. The topological polar surface area (TPSA) is 0 Å². The van der Waals surface area contributed by atoms with E-state index in [1.807, 2.05) is 0 Å². The first-order valence-electron chi connectivity index (χ1n) is 3.57. The third-order valence-corrected chi connectivity index (χ3v) is 4.97. The van der Waals surface area contributed by atoms with Crippen LogP contribution in [0, 0.1) is 11.8 Å². The van der Waals surface area contributed by atoms with Gasteiger partial charge in [-0.2, -0.15) is 0 Å². The van der Waals surface area contributed by atoms with Crippen LogP contribution in [-0.4, -0.2) is 10.2 Å². The smallest absolute Gasteiger partial charge is 0.0492 e. The van der Waals surface area contributed by atoms with Crippen LogP contribution in [-0.2, 0) is 0 Å². The molecule has 0 N–H and O–H groups in total. The Hall–Kier alpha value is 0.770. The predicted octanol–water partition coefficient (Wildman–Crippen LogP) is 2.79. The summed E-state index contributed by atoms with van der Waals surface area (Å²) in [6.45, 7) is 0. The van der Waals surface area contributed by atoms with E-state index in [-0.39, 0.29) is 0 Å². The van der Waals surface area contributed by atoms with Crippen LogP contribution >= 0.6 is 27.5 Å². The fourth-order valence-electron chi connectivity index (χ4n) is 2.15. The molecule has 2 bridgehead atoms. The van der Waals surface area contributed by atoms with Gasteiger partial charge in [-0.1, -0.05) is 15.9 Å². The molecule has 0 aromatic heterocycles. The van der Waals surface area contributed by atoms with Crippen LogP contribution in [0.5, 0.6) is 0 Å². The van der Waals surface area contributed by atoms with E-state index in [1.165, 1.54) is 19.3 Å². The zero-order valence-corrected chi connectivity index (χ0v) is 7.53. The first-order valence-corrected chi connectivity index (χ1v) is 4.92. The molecule has 2 rings (SSSR count). The summed E-state index contributed by atoms with van der Waals surface area (Å²) in [6, 6.07) is 0. The minimum atomic E-state index is 0.434. The minimum absolute atomic E-state index is 0.434. The Bertz CT molecular complexity index is 108. The second-order valence-electron chi connectivity index (χ2n) is 3.22. The number of halogens is 2. The maximum atomic E-state index is 6.11. The van der Waals surface area contributed by atoms with Gasteiger partial charge in [0.25, 0.3) is 0 Å². The highest BCUT2D eigenvalue weighted by atomic mass is 79.9. The first-order chi connectivity index (χ1) is 4.29. The van der Waals surface area contributed by atoms with E-state index in [9.17, 15) is 0 Å². The maximum Gasteiger partial charge on any atom is 0.0492 e. The number of hydrogen-bond donors (Lipinski definition) is 0. The van der Waals surface area contributed by atoms with Crippen LogP contribution in [0.2, 0.25) is 0 Å². The molecule has 2 aliphatic rings. The SMILES string of the molecule is Cl[C@H]1[C@H]2CC[C@H](C2)[C@@H]1Br. The van der Waals surface area contributed by atoms with Crippen molar-refractivity contribution in [1.82, 2.24) is 0 Å². The normalized spacial score (nSPS) is 56.7. The molecule has 52 valence electrons. The third-order valence-electron chi connectivity index (χ3n) is 2.72. The second kappa shape index (κ2) is 2.13. The van der Waals surface area contributed by atoms with Crippen molar-refractivity contribution in [2.75, 3.05) is 0 Å². The van der Waals surface area contributed by atoms with Gasteiger partial charge in [0.15, 0.2) is 0 Å². The van der Waals surface area contributed by atoms with Gasteiger partial charge in [0.05, 0.1) is 0 Å². The van der Waals surface area contributed by atoms with E-state index in [4.69, 9.17) is 11.6 Å². The predicted molar refractivity (Wildman–Crippen MR) is 43.2 cm³/mol. The number of hydrogen-bond acceptors (Lipinski definition) is 0. The summed E-state index contributed by atoms with van der Waals surface area (Å²) >= 11 is 9.74. The molecule has 2 heteroatoms. The lowest BCUT2D eigenvalue weighted by molar-refractivity contribution is 0.504. The molecule has 0 unspecified atom stereocenters. The van der Waals surface area contributed by atoms with Crippen molar-refractivity contribution in [1.29, 1.82) is 0 Å². The average molecular weight is 210 g/mol. The Morgan fingerprint density at radius 2 is 1.89 bits per heavy atom. The van der Waals surface area contributed by atoms with Crippen molar-refractivity contribution in [2.45, 2.75) is 29.5 Å². The van der Waals surface area contributed by atoms with Gasteiger partial charge in [-0.3, -0.25) is 0 Å². The lowest BCUT2D eigenvalue weighted by atomic mass is 10.0. The fourth-order valence-corrected chi connectivity index (χ4v) is 3.50. The zero-order valence-electron chi connectivity index (χ0n) is 5.19. The summed E-state index contributed by atoms with van der Waals surface area (Å²) in [5, 5.41) is 0.434. The van der Waals surface area contributed by atoms with Crippen LogP contribution in [0.3, 0.4) is 0 Å². The molecule has 0 aliphatic heterocycles. The first kappa shape index (κ1) is 6.48. The van der Waals surface area contributed by atoms with Gasteiger partial charge >= 0.3 is 0 Å². The molecule has 2 fully saturated rings. The van der Waals surface area contributed by atoms with Crippen molar-refractivity contribution in [3.63, 3.8) is 0 Å². The van der Waals surface area contributed by atoms with E-state index >= 15 is 0 Å². The summed E-state index contributed by atoms with van der Waals surface area (Å²) in [7, 11) is 0. The van der Waals surface area contributed by atoms with Gasteiger partial charge in [-0.25, -0.2) is 0 Å². The average Bonchev–Trinajstić information content (AvgIpc) is 2.37. The van der Waals surface area contributed by atoms with Crippen LogP contribution in [0.15, 0.2) is 0 Å². The molecule has 9 heavy (non-hydrogen) atoms. The molecule has 0 saturated heterocycles. The van der Waals surface area contributed by atoms with Crippen molar-refractivity contribution in [2.24, 2.45) is 11.8 Å². The largest absolute Gasteiger partial charge is 0.121 e. The Morgan fingerprint density at radius 3 is 2.22 bits per heavy atom. The van der Waals surface area contributed by atoms with E-state index in [0.717, 1.165) is 11.8 Å². The van der Waals surface area contributed by atoms with E-state index in [2.05, 4.69) is 15.9 Å². The summed E-state index contributed by atoms with van der Waals surface area (Å²) in [5.74, 6) is 1.73. The minimum Gasteiger partial charge on any atom is -0.121 e. The lowest BCUT2D eigenvalue weighted by Crippen LogP contribution is -2.21. The van der Waals surface area contributed by atoms with Gasteiger partial charge < -0.3 is 0 Å². The highest BCUT2D eigenvalue weighted by Crippen LogP contribution is 2.50. The molecule has 0 radical (unpaired) electrons. The molecule has 0 heterocycles.